The molecule has 0 aliphatic carbocycles. The maximum Gasteiger partial charge on any atom is 0.335 e. The number of aromatic carboxylic acids is 1. The van der Waals surface area contributed by atoms with Crippen LogP contribution in [0.4, 0.5) is 14.5 Å². The van der Waals surface area contributed by atoms with Crippen molar-refractivity contribution in [2.45, 2.75) is 6.54 Å². The van der Waals surface area contributed by atoms with Crippen LogP contribution in [0, 0.1) is 11.6 Å². The molecule has 0 bridgehead atoms. The Morgan fingerprint density at radius 3 is 2.53 bits per heavy atom. The normalized spacial score (nSPS) is 10.5. The number of carboxylic acids is 1. The second kappa shape index (κ2) is 5.05. The number of rotatable bonds is 4. The van der Waals surface area contributed by atoms with Crippen LogP contribution in [0.1, 0.15) is 16.1 Å². The number of nitrogens with zero attached hydrogens (tertiary/aromatic N) is 2. The van der Waals surface area contributed by atoms with Crippen LogP contribution in [-0.2, 0) is 13.6 Å². The lowest BCUT2D eigenvalue weighted by molar-refractivity contribution is 0.0696. The molecule has 5 nitrogen and oxygen atoms in total. The zero-order valence-corrected chi connectivity index (χ0v) is 10.0. The van der Waals surface area contributed by atoms with E-state index in [1.54, 1.807) is 24.0 Å². The minimum atomic E-state index is -1.38. The molecule has 0 fully saturated rings. The molecule has 0 aliphatic heterocycles. The fourth-order valence-corrected chi connectivity index (χ4v) is 1.62. The summed E-state index contributed by atoms with van der Waals surface area (Å²) in [5, 5.41) is 15.2. The van der Waals surface area contributed by atoms with Crippen LogP contribution in [0.3, 0.4) is 0 Å². The van der Waals surface area contributed by atoms with E-state index in [1.165, 1.54) is 0 Å². The monoisotopic (exact) mass is 267 g/mol. The van der Waals surface area contributed by atoms with E-state index in [-0.39, 0.29) is 12.2 Å². The highest BCUT2D eigenvalue weighted by molar-refractivity contribution is 5.88. The number of aryl methyl sites for hydroxylation is 1. The minimum absolute atomic E-state index is 0.177. The smallest absolute Gasteiger partial charge is 0.335 e. The van der Waals surface area contributed by atoms with Gasteiger partial charge in [0, 0.05) is 13.2 Å². The van der Waals surface area contributed by atoms with Gasteiger partial charge in [-0.2, -0.15) is 5.10 Å². The summed E-state index contributed by atoms with van der Waals surface area (Å²) in [7, 11) is 1.71. The molecule has 2 aromatic rings. The maximum atomic E-state index is 13.6. The molecule has 2 N–H and O–H groups in total. The SMILES string of the molecule is Cn1nccc1CNc1c(F)cc(C(=O)O)cc1F. The van der Waals surface area contributed by atoms with E-state index in [2.05, 4.69) is 10.4 Å². The third-order valence-electron chi connectivity index (χ3n) is 2.66. The number of aromatic nitrogens is 2. The lowest BCUT2D eigenvalue weighted by Gasteiger charge is -2.09. The van der Waals surface area contributed by atoms with Crippen molar-refractivity contribution in [3.8, 4) is 0 Å². The van der Waals surface area contributed by atoms with Gasteiger partial charge in [-0.05, 0) is 18.2 Å². The van der Waals surface area contributed by atoms with Gasteiger partial charge in [-0.15, -0.1) is 0 Å². The van der Waals surface area contributed by atoms with Crippen molar-refractivity contribution in [2.75, 3.05) is 5.32 Å². The Kier molecular flexibility index (Phi) is 3.46. The second-order valence-corrected chi connectivity index (χ2v) is 3.92. The van der Waals surface area contributed by atoms with E-state index >= 15 is 0 Å². The van der Waals surface area contributed by atoms with Gasteiger partial charge in [0.1, 0.15) is 17.3 Å². The quantitative estimate of drug-likeness (QED) is 0.889. The zero-order chi connectivity index (χ0) is 14.0. The summed E-state index contributed by atoms with van der Waals surface area (Å²) in [5.41, 5.74) is -0.0478. The predicted octanol–water partition coefficient (Wildman–Crippen LogP) is 2.01. The summed E-state index contributed by atoms with van der Waals surface area (Å²) in [6, 6.07) is 3.25. The first-order valence-electron chi connectivity index (χ1n) is 5.42. The molecular weight excluding hydrogens is 256 g/mol. The first-order valence-corrected chi connectivity index (χ1v) is 5.42. The Morgan fingerprint density at radius 1 is 1.42 bits per heavy atom. The van der Waals surface area contributed by atoms with Crippen LogP contribution in [-0.4, -0.2) is 20.9 Å². The average Bonchev–Trinajstić information content (AvgIpc) is 2.73. The number of halogens is 2. The Morgan fingerprint density at radius 2 is 2.05 bits per heavy atom. The molecule has 7 heteroatoms. The molecule has 0 atom stereocenters. The Hall–Kier alpha value is -2.44. The number of carboxylic acid groups (broad SMARTS) is 1. The van der Waals surface area contributed by atoms with Gasteiger partial charge in [0.15, 0.2) is 0 Å². The first kappa shape index (κ1) is 13.0. The van der Waals surface area contributed by atoms with E-state index in [4.69, 9.17) is 5.11 Å². The third-order valence-corrected chi connectivity index (χ3v) is 2.66. The van der Waals surface area contributed by atoms with Crippen LogP contribution in [0.5, 0.6) is 0 Å². The Balaban J connectivity index is 2.21. The number of nitrogens with one attached hydrogen (secondary N) is 1. The van der Waals surface area contributed by atoms with E-state index in [0.717, 1.165) is 17.8 Å². The molecule has 0 unspecified atom stereocenters. The summed E-state index contributed by atoms with van der Waals surface area (Å²) in [5.74, 6) is -3.27. The molecule has 100 valence electrons. The second-order valence-electron chi connectivity index (χ2n) is 3.92. The molecule has 1 aromatic carbocycles. The van der Waals surface area contributed by atoms with Crippen molar-refractivity contribution in [2.24, 2.45) is 7.05 Å². The molecule has 2 rings (SSSR count). The van der Waals surface area contributed by atoms with Crippen LogP contribution in [0.25, 0.3) is 0 Å². The van der Waals surface area contributed by atoms with E-state index in [1.807, 2.05) is 0 Å². The molecule has 0 saturated carbocycles. The average molecular weight is 267 g/mol. The molecule has 0 radical (unpaired) electrons. The summed E-state index contributed by atoms with van der Waals surface area (Å²) in [4.78, 5) is 10.6. The molecule has 19 heavy (non-hydrogen) atoms. The van der Waals surface area contributed by atoms with Crippen LogP contribution < -0.4 is 5.32 Å². The molecule has 0 saturated heterocycles. The van der Waals surface area contributed by atoms with Gasteiger partial charge >= 0.3 is 5.97 Å². The number of hydrogen-bond acceptors (Lipinski definition) is 3. The van der Waals surface area contributed by atoms with Gasteiger partial charge in [0.25, 0.3) is 0 Å². The predicted molar refractivity (Wildman–Crippen MR) is 63.9 cm³/mol. The van der Waals surface area contributed by atoms with Gasteiger partial charge in [-0.25, -0.2) is 13.6 Å². The van der Waals surface area contributed by atoms with Crippen molar-refractivity contribution >= 4 is 11.7 Å². The standard InChI is InChI=1S/C12H11F2N3O2/c1-17-8(2-3-16-17)6-15-11-9(13)4-7(12(18)19)5-10(11)14/h2-5,15H,6H2,1H3,(H,18,19). The molecule has 0 aliphatic rings. The fraction of sp³-hybridized carbons (Fsp3) is 0.167. The van der Waals surface area contributed by atoms with Gasteiger partial charge in [0.2, 0.25) is 0 Å². The zero-order valence-electron chi connectivity index (χ0n) is 10.0. The van der Waals surface area contributed by atoms with Gasteiger partial charge in [0.05, 0.1) is 17.8 Å². The van der Waals surface area contributed by atoms with Crippen LogP contribution in [0.2, 0.25) is 0 Å². The molecule has 1 aromatic heterocycles. The fourth-order valence-electron chi connectivity index (χ4n) is 1.62. The summed E-state index contributed by atoms with van der Waals surface area (Å²) in [6.07, 6.45) is 1.57. The van der Waals surface area contributed by atoms with Crippen molar-refractivity contribution in [1.82, 2.24) is 9.78 Å². The summed E-state index contributed by atoms with van der Waals surface area (Å²) in [6.45, 7) is 0.177. The lowest BCUT2D eigenvalue weighted by Crippen LogP contribution is -2.09. The van der Waals surface area contributed by atoms with Gasteiger partial charge < -0.3 is 10.4 Å². The van der Waals surface area contributed by atoms with Crippen LogP contribution >= 0.6 is 0 Å². The number of hydrogen-bond donors (Lipinski definition) is 2. The van der Waals surface area contributed by atoms with Crippen molar-refractivity contribution in [1.29, 1.82) is 0 Å². The van der Waals surface area contributed by atoms with Gasteiger partial charge in [-0.3, -0.25) is 4.68 Å². The van der Waals surface area contributed by atoms with E-state index in [9.17, 15) is 13.6 Å². The molecule has 0 spiro atoms. The maximum absolute atomic E-state index is 13.6. The van der Waals surface area contributed by atoms with Gasteiger partial charge in [-0.1, -0.05) is 0 Å². The number of benzene rings is 1. The van der Waals surface area contributed by atoms with E-state index < -0.39 is 23.2 Å². The highest BCUT2D eigenvalue weighted by atomic mass is 19.1. The Labute approximate surface area is 107 Å². The third kappa shape index (κ3) is 2.70. The lowest BCUT2D eigenvalue weighted by atomic mass is 10.2. The van der Waals surface area contributed by atoms with Crippen molar-refractivity contribution < 1.29 is 18.7 Å². The summed E-state index contributed by atoms with van der Waals surface area (Å²) >= 11 is 0. The first-order chi connectivity index (χ1) is 8.99. The summed E-state index contributed by atoms with van der Waals surface area (Å²) < 4.78 is 28.8. The number of carbonyl (C=O) groups is 1. The van der Waals surface area contributed by atoms with Crippen molar-refractivity contribution in [3.05, 3.63) is 47.3 Å². The highest BCUT2D eigenvalue weighted by Crippen LogP contribution is 2.21. The molecule has 0 amide bonds. The van der Waals surface area contributed by atoms with Crippen molar-refractivity contribution in [3.63, 3.8) is 0 Å². The largest absolute Gasteiger partial charge is 0.478 e. The van der Waals surface area contributed by atoms with Crippen LogP contribution in [0.15, 0.2) is 24.4 Å². The van der Waals surface area contributed by atoms with E-state index in [0.29, 0.717) is 0 Å². The topological polar surface area (TPSA) is 67.2 Å². The minimum Gasteiger partial charge on any atom is -0.478 e. The molecular formula is C12H11F2N3O2. The number of anilines is 1. The highest BCUT2D eigenvalue weighted by Gasteiger charge is 2.14. The Bertz CT molecular complexity index is 602. The molecule has 1 heterocycles.